The van der Waals surface area contributed by atoms with Crippen LogP contribution in [0.3, 0.4) is 0 Å². The second-order valence-electron chi connectivity index (χ2n) is 12.6. The number of hydrazine groups is 1. The van der Waals surface area contributed by atoms with Crippen molar-refractivity contribution in [2.75, 3.05) is 15.6 Å². The number of nitrogens with two attached hydrogens (primary N) is 1. The summed E-state index contributed by atoms with van der Waals surface area (Å²) in [4.78, 5) is 0. The summed E-state index contributed by atoms with van der Waals surface area (Å²) in [6.45, 7) is 0. The predicted octanol–water partition coefficient (Wildman–Crippen LogP) is 12.9. The van der Waals surface area contributed by atoms with Crippen molar-refractivity contribution in [2.24, 2.45) is 5.84 Å². The van der Waals surface area contributed by atoms with Crippen molar-refractivity contribution in [2.45, 2.75) is 0 Å². The van der Waals surface area contributed by atoms with Gasteiger partial charge in [-0.05, 0) is 58.7 Å². The third kappa shape index (κ3) is 6.67. The van der Waals surface area contributed by atoms with E-state index in [4.69, 9.17) is 5.84 Å². The molecule has 0 radical (unpaired) electrons. The summed E-state index contributed by atoms with van der Waals surface area (Å²) in [6, 6.07) is 71.3. The van der Waals surface area contributed by atoms with Crippen LogP contribution < -0.4 is 21.5 Å². The van der Waals surface area contributed by atoms with Crippen molar-refractivity contribution in [3.63, 3.8) is 0 Å². The molecule has 0 aliphatic rings. The Morgan fingerprint density at radius 2 is 0.654 bits per heavy atom. The van der Waals surface area contributed by atoms with Gasteiger partial charge in [0.2, 0.25) is 0 Å². The van der Waals surface area contributed by atoms with E-state index in [9.17, 15) is 0 Å². The predicted molar refractivity (Wildman–Crippen MR) is 220 cm³/mol. The van der Waals surface area contributed by atoms with Crippen molar-refractivity contribution in [3.05, 3.63) is 206 Å². The minimum absolute atomic E-state index is 0.881. The molecule has 8 aromatic carbocycles. The van der Waals surface area contributed by atoms with Crippen molar-refractivity contribution < 1.29 is 0 Å². The van der Waals surface area contributed by atoms with Crippen molar-refractivity contribution in [3.8, 4) is 44.5 Å². The smallest absolute Gasteiger partial charge is 0.0674 e. The minimum Gasteiger partial charge on any atom is -0.354 e. The number of nitrogens with zero attached hydrogens (tertiary/aromatic N) is 1. The monoisotopic (exact) mass is 670 g/mol. The molecular formula is C48H38N4. The van der Waals surface area contributed by atoms with Crippen LogP contribution in [0, 0.1) is 0 Å². The molecule has 0 bridgehead atoms. The van der Waals surface area contributed by atoms with Crippen LogP contribution in [0.15, 0.2) is 206 Å². The lowest BCUT2D eigenvalue weighted by molar-refractivity contribution is 1.09. The molecule has 4 N–H and O–H groups in total. The summed E-state index contributed by atoms with van der Waals surface area (Å²) in [5.74, 6) is 7.14. The van der Waals surface area contributed by atoms with Gasteiger partial charge in [-0.3, -0.25) is 5.01 Å². The van der Waals surface area contributed by atoms with Gasteiger partial charge in [-0.2, -0.15) is 0 Å². The highest BCUT2D eigenvalue weighted by Gasteiger charge is 2.20. The van der Waals surface area contributed by atoms with E-state index in [2.05, 4.69) is 193 Å². The van der Waals surface area contributed by atoms with Crippen molar-refractivity contribution in [1.29, 1.82) is 0 Å². The average molecular weight is 671 g/mol. The molecule has 0 heterocycles. The van der Waals surface area contributed by atoms with Crippen molar-refractivity contribution in [1.82, 2.24) is 0 Å². The quantitative estimate of drug-likeness (QED) is 0.100. The first-order valence-corrected chi connectivity index (χ1v) is 17.5. The molecule has 8 aromatic rings. The Morgan fingerprint density at radius 1 is 0.288 bits per heavy atom. The number of anilines is 6. The standard InChI is InChI=1S/C48H38N4/c49-52(45-33-16-14-28-40(45)36-21-7-2-8-22-36)46-34-18-32-44(48(46)38-25-11-4-12-26-38)51-43-31-17-30-42(47(43)37-23-9-3-10-24-37)50-41-29-15-13-27-39(41)35-19-5-1-6-20-35/h1-34,50-51H,49H2. The number of nitrogens with one attached hydrogen (secondary N) is 2. The Bertz CT molecular complexity index is 2410. The lowest BCUT2D eigenvalue weighted by Gasteiger charge is -2.27. The molecular weight excluding hydrogens is 633 g/mol. The molecule has 4 nitrogen and oxygen atoms in total. The largest absolute Gasteiger partial charge is 0.354 e. The van der Waals surface area contributed by atoms with E-state index in [1.54, 1.807) is 0 Å². The molecule has 0 aromatic heterocycles. The first-order valence-electron chi connectivity index (χ1n) is 17.5. The fraction of sp³-hybridized carbons (Fsp3) is 0. The van der Waals surface area contributed by atoms with Gasteiger partial charge in [0.05, 0.1) is 11.4 Å². The van der Waals surface area contributed by atoms with Gasteiger partial charge in [-0.25, -0.2) is 5.84 Å². The van der Waals surface area contributed by atoms with Gasteiger partial charge in [-0.1, -0.05) is 170 Å². The number of benzene rings is 8. The van der Waals surface area contributed by atoms with Crippen LogP contribution in [-0.4, -0.2) is 0 Å². The molecule has 0 saturated heterocycles. The normalized spacial score (nSPS) is 10.8. The summed E-state index contributed by atoms with van der Waals surface area (Å²) in [7, 11) is 0. The number of hydrogen-bond donors (Lipinski definition) is 3. The second kappa shape index (κ2) is 14.9. The molecule has 8 rings (SSSR count). The van der Waals surface area contributed by atoms with E-state index in [0.717, 1.165) is 78.6 Å². The van der Waals surface area contributed by atoms with E-state index in [1.807, 2.05) is 29.3 Å². The topological polar surface area (TPSA) is 53.3 Å². The van der Waals surface area contributed by atoms with Gasteiger partial charge in [0, 0.05) is 45.0 Å². The third-order valence-corrected chi connectivity index (χ3v) is 9.29. The van der Waals surface area contributed by atoms with E-state index in [-0.39, 0.29) is 0 Å². The maximum absolute atomic E-state index is 7.14. The van der Waals surface area contributed by atoms with Gasteiger partial charge in [0.15, 0.2) is 0 Å². The highest BCUT2D eigenvalue weighted by Crippen LogP contribution is 2.45. The zero-order valence-corrected chi connectivity index (χ0v) is 28.7. The van der Waals surface area contributed by atoms with E-state index in [0.29, 0.717) is 0 Å². The molecule has 0 aliphatic carbocycles. The van der Waals surface area contributed by atoms with Crippen LogP contribution >= 0.6 is 0 Å². The summed E-state index contributed by atoms with van der Waals surface area (Å²) in [5.41, 5.74) is 14.4. The minimum atomic E-state index is 0.881. The molecule has 0 spiro atoms. The first kappa shape index (κ1) is 32.3. The highest BCUT2D eigenvalue weighted by molar-refractivity contribution is 5.98. The maximum atomic E-state index is 7.14. The summed E-state index contributed by atoms with van der Waals surface area (Å²) in [6.07, 6.45) is 0. The number of hydrogen-bond acceptors (Lipinski definition) is 4. The van der Waals surface area contributed by atoms with Gasteiger partial charge in [0.1, 0.15) is 0 Å². The molecule has 52 heavy (non-hydrogen) atoms. The summed E-state index contributed by atoms with van der Waals surface area (Å²) in [5, 5.41) is 9.51. The van der Waals surface area contributed by atoms with Crippen LogP contribution in [0.2, 0.25) is 0 Å². The molecule has 0 unspecified atom stereocenters. The zero-order chi connectivity index (χ0) is 35.1. The first-order chi connectivity index (χ1) is 25.7. The van der Waals surface area contributed by atoms with Crippen LogP contribution in [0.1, 0.15) is 0 Å². The SMILES string of the molecule is NN(c1ccccc1-c1ccccc1)c1cccc(Nc2cccc(Nc3ccccc3-c3ccccc3)c2-c2ccccc2)c1-c1ccccc1. The Kier molecular flexibility index (Phi) is 9.28. The third-order valence-electron chi connectivity index (χ3n) is 9.29. The van der Waals surface area contributed by atoms with Gasteiger partial charge >= 0.3 is 0 Å². The fourth-order valence-electron chi connectivity index (χ4n) is 6.86. The highest BCUT2D eigenvalue weighted by atomic mass is 15.4. The molecule has 0 saturated carbocycles. The van der Waals surface area contributed by atoms with E-state index < -0.39 is 0 Å². The van der Waals surface area contributed by atoms with Gasteiger partial charge < -0.3 is 10.6 Å². The van der Waals surface area contributed by atoms with Crippen LogP contribution in [0.4, 0.5) is 34.1 Å². The molecule has 0 amide bonds. The van der Waals surface area contributed by atoms with Gasteiger partial charge in [-0.15, -0.1) is 0 Å². The Hall–Kier alpha value is -6.88. The second-order valence-corrected chi connectivity index (χ2v) is 12.6. The van der Waals surface area contributed by atoms with Crippen molar-refractivity contribution >= 4 is 34.1 Å². The van der Waals surface area contributed by atoms with E-state index in [1.165, 1.54) is 0 Å². The molecule has 250 valence electrons. The van der Waals surface area contributed by atoms with Crippen LogP contribution in [0.25, 0.3) is 44.5 Å². The van der Waals surface area contributed by atoms with E-state index >= 15 is 0 Å². The molecule has 4 heteroatoms. The number of rotatable bonds is 10. The number of para-hydroxylation sites is 2. The van der Waals surface area contributed by atoms with Gasteiger partial charge in [0.25, 0.3) is 0 Å². The fourth-order valence-corrected chi connectivity index (χ4v) is 6.86. The lowest BCUT2D eigenvalue weighted by atomic mass is 9.97. The Labute approximate surface area is 305 Å². The Balaban J connectivity index is 1.26. The summed E-state index contributed by atoms with van der Waals surface area (Å²) >= 11 is 0. The van der Waals surface area contributed by atoms with Crippen LogP contribution in [-0.2, 0) is 0 Å². The van der Waals surface area contributed by atoms with Crippen LogP contribution in [0.5, 0.6) is 0 Å². The molecule has 0 fully saturated rings. The molecule has 0 aliphatic heterocycles. The zero-order valence-electron chi connectivity index (χ0n) is 28.7. The Morgan fingerprint density at radius 3 is 1.25 bits per heavy atom. The summed E-state index contributed by atoms with van der Waals surface area (Å²) < 4.78 is 0. The lowest BCUT2D eigenvalue weighted by Crippen LogP contribution is -2.26. The average Bonchev–Trinajstić information content (AvgIpc) is 3.22. The maximum Gasteiger partial charge on any atom is 0.0674 e. The molecule has 0 atom stereocenters.